The van der Waals surface area contributed by atoms with Crippen molar-refractivity contribution < 1.29 is 17.9 Å². The van der Waals surface area contributed by atoms with E-state index in [2.05, 4.69) is 26.2 Å². The first-order chi connectivity index (χ1) is 15.4. The highest BCUT2D eigenvalue weighted by atomic mass is 79.9. The van der Waals surface area contributed by atoms with Crippen molar-refractivity contribution in [1.82, 2.24) is 9.29 Å². The van der Waals surface area contributed by atoms with E-state index in [1.165, 1.54) is 0 Å². The largest absolute Gasteiger partial charge is 0.493 e. The Morgan fingerprint density at radius 1 is 1.00 bits per heavy atom. The SMILES string of the molecule is COc1ccc(Cc2csc(N3CCN(S(=O)(=O)c4ccc(Br)cc4)CC3)n2)cc1OC. The van der Waals surface area contributed by atoms with Gasteiger partial charge < -0.3 is 14.4 Å². The maximum absolute atomic E-state index is 12.9. The Balaban J connectivity index is 1.39. The number of hydrogen-bond donors (Lipinski definition) is 0. The van der Waals surface area contributed by atoms with E-state index in [-0.39, 0.29) is 0 Å². The molecular weight excluding hydrogens is 514 g/mol. The molecule has 10 heteroatoms. The van der Waals surface area contributed by atoms with Crippen molar-refractivity contribution in [2.75, 3.05) is 45.3 Å². The smallest absolute Gasteiger partial charge is 0.243 e. The lowest BCUT2D eigenvalue weighted by atomic mass is 10.1. The highest BCUT2D eigenvalue weighted by molar-refractivity contribution is 9.10. The minimum Gasteiger partial charge on any atom is -0.493 e. The van der Waals surface area contributed by atoms with Gasteiger partial charge >= 0.3 is 0 Å². The molecular formula is C22H24BrN3O4S2. The summed E-state index contributed by atoms with van der Waals surface area (Å²) < 4.78 is 38.9. The van der Waals surface area contributed by atoms with Gasteiger partial charge in [0, 0.05) is 42.5 Å². The molecule has 1 aromatic heterocycles. The molecule has 3 aromatic rings. The number of piperazine rings is 1. The van der Waals surface area contributed by atoms with Crippen LogP contribution in [0.2, 0.25) is 0 Å². The molecule has 1 fully saturated rings. The van der Waals surface area contributed by atoms with Crippen LogP contribution < -0.4 is 14.4 Å². The Labute approximate surface area is 200 Å². The molecule has 0 aliphatic carbocycles. The van der Waals surface area contributed by atoms with Crippen LogP contribution in [0.4, 0.5) is 5.13 Å². The van der Waals surface area contributed by atoms with Gasteiger partial charge in [-0.15, -0.1) is 11.3 Å². The van der Waals surface area contributed by atoms with E-state index >= 15 is 0 Å². The topological polar surface area (TPSA) is 72.0 Å². The van der Waals surface area contributed by atoms with Gasteiger partial charge in [0.1, 0.15) is 0 Å². The van der Waals surface area contributed by atoms with Gasteiger partial charge in [0.25, 0.3) is 0 Å². The second kappa shape index (κ2) is 9.78. The zero-order valence-electron chi connectivity index (χ0n) is 17.8. The molecule has 4 rings (SSSR count). The molecule has 0 bridgehead atoms. The molecule has 7 nitrogen and oxygen atoms in total. The third-order valence-electron chi connectivity index (χ3n) is 5.33. The molecule has 2 heterocycles. The van der Waals surface area contributed by atoms with Crippen LogP contribution in [0, 0.1) is 0 Å². The second-order valence-electron chi connectivity index (χ2n) is 7.33. The van der Waals surface area contributed by atoms with Crippen molar-refractivity contribution in [2.24, 2.45) is 0 Å². The minimum atomic E-state index is -3.49. The maximum atomic E-state index is 12.9. The van der Waals surface area contributed by atoms with Crippen molar-refractivity contribution in [3.8, 4) is 11.5 Å². The van der Waals surface area contributed by atoms with E-state index in [1.54, 1.807) is 54.1 Å². The first-order valence-electron chi connectivity index (χ1n) is 10.1. The predicted molar refractivity (Wildman–Crippen MR) is 130 cm³/mol. The monoisotopic (exact) mass is 537 g/mol. The van der Waals surface area contributed by atoms with Gasteiger partial charge in [-0.05, 0) is 42.0 Å². The molecule has 0 atom stereocenters. The summed E-state index contributed by atoms with van der Waals surface area (Å²) in [7, 11) is -0.242. The van der Waals surface area contributed by atoms with Crippen LogP contribution in [0.1, 0.15) is 11.3 Å². The molecule has 1 saturated heterocycles. The Kier molecular flexibility index (Phi) is 7.04. The van der Waals surface area contributed by atoms with Crippen LogP contribution in [0.5, 0.6) is 11.5 Å². The van der Waals surface area contributed by atoms with Gasteiger partial charge in [-0.2, -0.15) is 4.31 Å². The summed E-state index contributed by atoms with van der Waals surface area (Å²) in [6.45, 7) is 2.09. The quantitative estimate of drug-likeness (QED) is 0.453. The van der Waals surface area contributed by atoms with E-state index < -0.39 is 10.0 Å². The molecule has 32 heavy (non-hydrogen) atoms. The number of thiazole rings is 1. The average molecular weight is 538 g/mol. The molecule has 170 valence electrons. The lowest BCUT2D eigenvalue weighted by Crippen LogP contribution is -2.48. The van der Waals surface area contributed by atoms with Gasteiger partial charge in [0.15, 0.2) is 16.6 Å². The van der Waals surface area contributed by atoms with E-state index in [0.717, 1.165) is 20.9 Å². The lowest BCUT2D eigenvalue weighted by Gasteiger charge is -2.33. The molecule has 2 aromatic carbocycles. The Hall–Kier alpha value is -2.14. The van der Waals surface area contributed by atoms with Crippen molar-refractivity contribution in [3.63, 3.8) is 0 Å². The highest BCUT2D eigenvalue weighted by Crippen LogP contribution is 2.30. The summed E-state index contributed by atoms with van der Waals surface area (Å²) in [6.07, 6.45) is 0.689. The van der Waals surface area contributed by atoms with E-state index in [0.29, 0.717) is 49.0 Å². The Bertz CT molecular complexity index is 1170. The number of ether oxygens (including phenoxy) is 2. The number of aromatic nitrogens is 1. The number of anilines is 1. The molecule has 0 N–H and O–H groups in total. The minimum absolute atomic E-state index is 0.320. The van der Waals surface area contributed by atoms with Gasteiger partial charge in [-0.25, -0.2) is 13.4 Å². The van der Waals surface area contributed by atoms with Gasteiger partial charge in [-0.3, -0.25) is 0 Å². The molecule has 0 saturated carbocycles. The molecule has 1 aliphatic rings. The van der Waals surface area contributed by atoms with Crippen molar-refractivity contribution in [2.45, 2.75) is 11.3 Å². The summed E-state index contributed by atoms with van der Waals surface area (Å²) in [5.74, 6) is 1.40. The molecule has 1 aliphatic heterocycles. The number of halogens is 1. The van der Waals surface area contributed by atoms with Crippen LogP contribution in [0.15, 0.2) is 57.2 Å². The van der Waals surface area contributed by atoms with Gasteiger partial charge in [0.2, 0.25) is 10.0 Å². The normalized spacial score (nSPS) is 15.0. The first-order valence-corrected chi connectivity index (χ1v) is 13.2. The fourth-order valence-corrected chi connectivity index (χ4v) is 6.16. The fourth-order valence-electron chi connectivity index (χ4n) is 3.60. The molecule has 0 unspecified atom stereocenters. The summed E-state index contributed by atoms with van der Waals surface area (Å²) in [5, 5.41) is 2.97. The van der Waals surface area contributed by atoms with Crippen molar-refractivity contribution >= 4 is 42.4 Å². The van der Waals surface area contributed by atoms with Crippen molar-refractivity contribution in [1.29, 1.82) is 0 Å². The van der Waals surface area contributed by atoms with Gasteiger partial charge in [-0.1, -0.05) is 22.0 Å². The third-order valence-corrected chi connectivity index (χ3v) is 8.73. The zero-order chi connectivity index (χ0) is 22.7. The molecule has 0 spiro atoms. The van der Waals surface area contributed by atoms with Crippen molar-refractivity contribution in [3.05, 3.63) is 63.6 Å². The predicted octanol–water partition coefficient (Wildman–Crippen LogP) is 4.02. The van der Waals surface area contributed by atoms with Gasteiger partial charge in [0.05, 0.1) is 24.8 Å². The summed E-state index contributed by atoms with van der Waals surface area (Å²) in [5.41, 5.74) is 2.06. The van der Waals surface area contributed by atoms with Crippen LogP contribution in [-0.4, -0.2) is 58.1 Å². The number of benzene rings is 2. The van der Waals surface area contributed by atoms with E-state index in [1.807, 2.05) is 18.2 Å². The standard InChI is InChI=1S/C22H24BrN3O4S2/c1-29-20-8-3-16(14-21(20)30-2)13-18-15-31-22(24-18)25-9-11-26(12-10-25)32(27,28)19-6-4-17(23)5-7-19/h3-8,14-15H,9-13H2,1-2H3. The number of sulfonamides is 1. The van der Waals surface area contributed by atoms with E-state index in [4.69, 9.17) is 14.5 Å². The van der Waals surface area contributed by atoms with Crippen LogP contribution >= 0.6 is 27.3 Å². The highest BCUT2D eigenvalue weighted by Gasteiger charge is 2.29. The Morgan fingerprint density at radius 2 is 1.69 bits per heavy atom. The number of nitrogens with zero attached hydrogens (tertiary/aromatic N) is 3. The second-order valence-corrected chi connectivity index (χ2v) is 11.0. The number of rotatable bonds is 7. The Morgan fingerprint density at radius 3 is 2.34 bits per heavy atom. The molecule has 0 amide bonds. The summed E-state index contributed by atoms with van der Waals surface area (Å²) in [4.78, 5) is 7.25. The summed E-state index contributed by atoms with van der Waals surface area (Å²) in [6, 6.07) is 12.6. The number of methoxy groups -OCH3 is 2. The average Bonchev–Trinajstić information content (AvgIpc) is 3.28. The first kappa shape index (κ1) is 23.0. The number of hydrogen-bond acceptors (Lipinski definition) is 7. The van der Waals surface area contributed by atoms with E-state index in [9.17, 15) is 8.42 Å². The third kappa shape index (κ3) is 4.93. The zero-order valence-corrected chi connectivity index (χ0v) is 21.0. The van der Waals surface area contributed by atoms with Crippen LogP contribution in [-0.2, 0) is 16.4 Å². The van der Waals surface area contributed by atoms with Crippen LogP contribution in [0.3, 0.4) is 0 Å². The fraction of sp³-hybridized carbons (Fsp3) is 0.318. The lowest BCUT2D eigenvalue weighted by molar-refractivity contribution is 0.354. The molecule has 0 radical (unpaired) electrons. The summed E-state index contributed by atoms with van der Waals surface area (Å²) >= 11 is 4.93. The van der Waals surface area contributed by atoms with Crippen LogP contribution in [0.25, 0.3) is 0 Å². The maximum Gasteiger partial charge on any atom is 0.243 e.